The van der Waals surface area contributed by atoms with Gasteiger partial charge >= 0.3 is 5.97 Å². The molecule has 1 heterocycles. The lowest BCUT2D eigenvalue weighted by molar-refractivity contribution is -0.138. The van der Waals surface area contributed by atoms with Crippen LogP contribution in [-0.4, -0.2) is 41.0 Å². The first kappa shape index (κ1) is 20.7. The molecule has 0 aliphatic heterocycles. The summed E-state index contributed by atoms with van der Waals surface area (Å²) in [6, 6.07) is 16.2. The first-order valence-corrected chi connectivity index (χ1v) is 9.26. The van der Waals surface area contributed by atoms with E-state index in [-0.39, 0.29) is 23.4 Å². The van der Waals surface area contributed by atoms with E-state index in [0.29, 0.717) is 11.3 Å². The number of hydrogen-bond donors (Lipinski definition) is 0. The Kier molecular flexibility index (Phi) is 6.54. The molecule has 7 nitrogen and oxygen atoms in total. The van der Waals surface area contributed by atoms with E-state index in [1.807, 2.05) is 0 Å². The number of carbonyl (C=O) groups excluding carboxylic acids is 3. The Balaban J connectivity index is 2.22. The molecule has 0 saturated carbocycles. The highest BCUT2D eigenvalue weighted by atomic mass is 16.5. The van der Waals surface area contributed by atoms with Crippen molar-refractivity contribution in [1.29, 1.82) is 0 Å². The Hall–Kier alpha value is -4.00. The van der Waals surface area contributed by atoms with Crippen LogP contribution in [0.4, 0.5) is 0 Å². The molecule has 0 bridgehead atoms. The van der Waals surface area contributed by atoms with Gasteiger partial charge < -0.3 is 9.47 Å². The Labute approximate surface area is 173 Å². The number of rotatable bonds is 8. The molecule has 3 aromatic rings. The molecule has 7 heteroatoms. The molecule has 30 heavy (non-hydrogen) atoms. The van der Waals surface area contributed by atoms with E-state index in [0.717, 1.165) is 0 Å². The van der Waals surface area contributed by atoms with Crippen LogP contribution in [0.5, 0.6) is 5.75 Å². The van der Waals surface area contributed by atoms with E-state index < -0.39 is 17.5 Å². The molecule has 0 aliphatic carbocycles. The molecule has 0 amide bonds. The summed E-state index contributed by atoms with van der Waals surface area (Å²) in [6.45, 7) is 1.67. The second-order valence-corrected chi connectivity index (χ2v) is 6.15. The van der Waals surface area contributed by atoms with Crippen LogP contribution in [0, 0.1) is 0 Å². The number of hydrogen-bond acceptors (Lipinski definition) is 6. The molecule has 0 atom stereocenters. The molecule has 0 unspecified atom stereocenters. The predicted molar refractivity (Wildman–Crippen MR) is 110 cm³/mol. The number of nitrogens with zero attached hydrogens (tertiary/aromatic N) is 2. The highest BCUT2D eigenvalue weighted by Gasteiger charge is 2.31. The third-order valence-corrected chi connectivity index (χ3v) is 4.28. The lowest BCUT2D eigenvalue weighted by Crippen LogP contribution is -2.24. The minimum absolute atomic E-state index is 0.0458. The van der Waals surface area contributed by atoms with Crippen LogP contribution < -0.4 is 4.74 Å². The average Bonchev–Trinajstić information content (AvgIpc) is 3.31. The zero-order valence-corrected chi connectivity index (χ0v) is 16.6. The van der Waals surface area contributed by atoms with Crippen molar-refractivity contribution in [3.63, 3.8) is 0 Å². The van der Waals surface area contributed by atoms with Crippen molar-refractivity contribution in [3.8, 4) is 5.75 Å². The predicted octanol–water partition coefficient (Wildman–Crippen LogP) is 3.43. The van der Waals surface area contributed by atoms with Gasteiger partial charge in [0.1, 0.15) is 17.0 Å². The number of allylic oxidation sites excluding steroid dienone is 1. The third kappa shape index (κ3) is 4.35. The summed E-state index contributed by atoms with van der Waals surface area (Å²) in [5.41, 5.74) is -0.0401. The lowest BCUT2D eigenvalue weighted by atomic mass is 9.97. The molecule has 0 fully saturated rings. The first-order valence-electron chi connectivity index (χ1n) is 9.26. The second-order valence-electron chi connectivity index (χ2n) is 6.15. The third-order valence-electron chi connectivity index (χ3n) is 4.28. The summed E-state index contributed by atoms with van der Waals surface area (Å²) in [6.07, 6.45) is 2.95. The fourth-order valence-electron chi connectivity index (χ4n) is 2.85. The zero-order chi connectivity index (χ0) is 21.5. The highest BCUT2D eigenvalue weighted by molar-refractivity contribution is 6.38. The molecule has 0 saturated heterocycles. The smallest absolute Gasteiger partial charge is 0.344 e. The van der Waals surface area contributed by atoms with Gasteiger partial charge in [0.25, 0.3) is 0 Å². The average molecular weight is 404 g/mol. The summed E-state index contributed by atoms with van der Waals surface area (Å²) in [7, 11) is 1.51. The Bertz CT molecular complexity index is 1070. The van der Waals surface area contributed by atoms with Gasteiger partial charge in [-0.1, -0.05) is 30.3 Å². The van der Waals surface area contributed by atoms with Gasteiger partial charge in [-0.15, -0.1) is 0 Å². The van der Waals surface area contributed by atoms with E-state index in [1.165, 1.54) is 36.3 Å². The van der Waals surface area contributed by atoms with Gasteiger partial charge in [-0.2, -0.15) is 5.10 Å². The van der Waals surface area contributed by atoms with Crippen LogP contribution in [0.15, 0.2) is 78.6 Å². The monoisotopic (exact) mass is 404 g/mol. The van der Waals surface area contributed by atoms with E-state index in [4.69, 9.17) is 9.47 Å². The van der Waals surface area contributed by atoms with Crippen molar-refractivity contribution in [2.75, 3.05) is 13.7 Å². The van der Waals surface area contributed by atoms with Gasteiger partial charge in [0.2, 0.25) is 11.6 Å². The van der Waals surface area contributed by atoms with E-state index in [2.05, 4.69) is 5.10 Å². The molecule has 1 aromatic heterocycles. The first-order chi connectivity index (χ1) is 14.6. The Morgan fingerprint density at radius 1 is 0.900 bits per heavy atom. The van der Waals surface area contributed by atoms with Gasteiger partial charge in [-0.05, 0) is 37.3 Å². The van der Waals surface area contributed by atoms with Crippen molar-refractivity contribution in [1.82, 2.24) is 9.78 Å². The normalized spacial score (nSPS) is 11.4. The largest absolute Gasteiger partial charge is 0.497 e. The van der Waals surface area contributed by atoms with Crippen LogP contribution in [0.1, 0.15) is 27.6 Å². The molecule has 0 N–H and O–H groups in total. The van der Waals surface area contributed by atoms with Gasteiger partial charge in [-0.3, -0.25) is 9.59 Å². The number of Topliss-reactive ketones (excluding diaryl/α,β-unsaturated/α-hetero) is 2. The maximum absolute atomic E-state index is 13.3. The van der Waals surface area contributed by atoms with Crippen molar-refractivity contribution >= 4 is 23.2 Å². The minimum atomic E-state index is -0.895. The number of methoxy groups -OCH3 is 1. The summed E-state index contributed by atoms with van der Waals surface area (Å²) in [5.74, 6) is -1.51. The van der Waals surface area contributed by atoms with E-state index in [1.54, 1.807) is 55.5 Å². The summed E-state index contributed by atoms with van der Waals surface area (Å²) in [4.78, 5) is 39.5. The zero-order valence-electron chi connectivity index (χ0n) is 16.6. The number of esters is 1. The fraction of sp³-hybridized carbons (Fsp3) is 0.130. The molecular weight excluding hydrogens is 384 g/mol. The highest BCUT2D eigenvalue weighted by Crippen LogP contribution is 2.23. The van der Waals surface area contributed by atoms with Gasteiger partial charge in [-0.25, -0.2) is 9.48 Å². The van der Waals surface area contributed by atoms with Crippen LogP contribution >= 0.6 is 0 Å². The van der Waals surface area contributed by atoms with E-state index in [9.17, 15) is 14.4 Å². The number of ketones is 2. The van der Waals surface area contributed by atoms with Crippen molar-refractivity contribution in [2.45, 2.75) is 6.92 Å². The number of ether oxygens (including phenoxy) is 2. The topological polar surface area (TPSA) is 87.5 Å². The Morgan fingerprint density at radius 2 is 1.57 bits per heavy atom. The van der Waals surface area contributed by atoms with Gasteiger partial charge in [0.05, 0.1) is 13.7 Å². The van der Waals surface area contributed by atoms with Crippen molar-refractivity contribution < 1.29 is 23.9 Å². The van der Waals surface area contributed by atoms with Gasteiger partial charge in [0, 0.05) is 23.5 Å². The molecular formula is C23H20N2O5. The SMILES string of the molecule is CCOC(=O)/C(C(=O)c1ccc(OC)cc1)=C(\C(=O)c1ccccc1)n1cccn1. The summed E-state index contributed by atoms with van der Waals surface area (Å²) in [5, 5.41) is 4.09. The van der Waals surface area contributed by atoms with E-state index >= 15 is 0 Å². The molecule has 0 aliphatic rings. The van der Waals surface area contributed by atoms with Gasteiger partial charge in [0.15, 0.2) is 0 Å². The standard InChI is InChI=1S/C23H20N2O5/c1-3-30-23(28)19(21(26)17-10-12-18(29-2)13-11-17)20(25-15-7-14-24-25)22(27)16-8-5-4-6-9-16/h4-15H,3H2,1-2H3/b20-19+. The minimum Gasteiger partial charge on any atom is -0.497 e. The van der Waals surface area contributed by atoms with Crippen LogP contribution in [0.3, 0.4) is 0 Å². The van der Waals surface area contributed by atoms with Crippen molar-refractivity contribution in [3.05, 3.63) is 89.8 Å². The molecule has 152 valence electrons. The fourth-order valence-corrected chi connectivity index (χ4v) is 2.85. The maximum atomic E-state index is 13.3. The van der Waals surface area contributed by atoms with Crippen molar-refractivity contribution in [2.24, 2.45) is 0 Å². The molecule has 2 aromatic carbocycles. The summed E-state index contributed by atoms with van der Waals surface area (Å²) < 4.78 is 11.4. The van der Waals surface area contributed by atoms with Crippen LogP contribution in [0.2, 0.25) is 0 Å². The number of carbonyl (C=O) groups is 3. The second kappa shape index (κ2) is 9.47. The number of benzene rings is 2. The Morgan fingerprint density at radius 3 is 2.13 bits per heavy atom. The summed E-state index contributed by atoms with van der Waals surface area (Å²) >= 11 is 0. The molecule has 0 spiro atoms. The molecule has 3 rings (SSSR count). The number of aromatic nitrogens is 2. The maximum Gasteiger partial charge on any atom is 0.344 e. The van der Waals surface area contributed by atoms with Crippen LogP contribution in [-0.2, 0) is 9.53 Å². The molecule has 0 radical (unpaired) electrons. The quantitative estimate of drug-likeness (QED) is 0.188. The van der Waals surface area contributed by atoms with Crippen LogP contribution in [0.25, 0.3) is 5.70 Å². The lowest BCUT2D eigenvalue weighted by Gasteiger charge is -2.14.